The summed E-state index contributed by atoms with van der Waals surface area (Å²) >= 11 is 0. The van der Waals surface area contributed by atoms with Gasteiger partial charge in [-0.2, -0.15) is 0 Å². The van der Waals surface area contributed by atoms with Gasteiger partial charge in [0.1, 0.15) is 11.9 Å². The van der Waals surface area contributed by atoms with E-state index in [1.54, 1.807) is 7.11 Å². The Morgan fingerprint density at radius 3 is 2.63 bits per heavy atom. The molecule has 5 aliphatic rings. The zero-order chi connectivity index (χ0) is 26.5. The number of fused-ring (bicyclic) bond motifs is 3. The number of rotatable bonds is 6. The van der Waals surface area contributed by atoms with Crippen molar-refractivity contribution in [2.45, 2.75) is 68.1 Å². The highest BCUT2D eigenvalue weighted by atomic mass is 16.6. The Hall–Kier alpha value is -3.10. The fourth-order valence-electron chi connectivity index (χ4n) is 9.24. The van der Waals surface area contributed by atoms with E-state index in [0.717, 1.165) is 22.6 Å². The average Bonchev–Trinajstić information content (AvgIpc) is 3.60. The fourth-order valence-corrected chi connectivity index (χ4v) is 9.24. The molecule has 0 unspecified atom stereocenters. The van der Waals surface area contributed by atoms with Crippen LogP contribution in [0.4, 0.5) is 5.69 Å². The quantitative estimate of drug-likeness (QED) is 0.543. The minimum atomic E-state index is -1.41. The lowest BCUT2D eigenvalue weighted by atomic mass is 9.48. The summed E-state index contributed by atoms with van der Waals surface area (Å²) in [7, 11) is 5.09. The Morgan fingerprint density at radius 2 is 1.92 bits per heavy atom. The second-order valence-corrected chi connectivity index (χ2v) is 11.4. The van der Waals surface area contributed by atoms with Gasteiger partial charge in [-0.25, -0.2) is 4.79 Å². The second-order valence-electron chi connectivity index (χ2n) is 11.4. The topological polar surface area (TPSA) is 77.5 Å². The molecule has 2 bridgehead atoms. The number of hydrogen-bond acceptors (Lipinski definition) is 7. The maximum absolute atomic E-state index is 14.1. The summed E-state index contributed by atoms with van der Waals surface area (Å²) < 4.78 is 25.2. The largest absolute Gasteiger partial charge is 0.497 e. The Bertz CT molecular complexity index is 1330. The molecule has 5 heterocycles. The van der Waals surface area contributed by atoms with E-state index < -0.39 is 40.3 Å². The third-order valence-electron chi connectivity index (χ3n) is 10.4. The monoisotopic (exact) mass is 518 g/mol. The molecule has 5 aliphatic heterocycles. The van der Waals surface area contributed by atoms with Gasteiger partial charge in [-0.1, -0.05) is 43.3 Å². The van der Waals surface area contributed by atoms with Crippen molar-refractivity contribution in [3.8, 4) is 5.75 Å². The molecule has 2 aromatic rings. The number of methoxy groups -OCH3 is 2. The van der Waals surface area contributed by atoms with Gasteiger partial charge >= 0.3 is 5.97 Å². The number of anilines is 1. The highest BCUT2D eigenvalue weighted by Gasteiger charge is 2.95. The van der Waals surface area contributed by atoms with Crippen LogP contribution in [0.25, 0.3) is 0 Å². The predicted octanol–water partition coefficient (Wildman–Crippen LogP) is 3.41. The van der Waals surface area contributed by atoms with Crippen molar-refractivity contribution in [2.75, 3.05) is 32.7 Å². The van der Waals surface area contributed by atoms with Gasteiger partial charge in [0.25, 0.3) is 0 Å². The number of amides is 1. The van der Waals surface area contributed by atoms with Crippen molar-refractivity contribution in [3.05, 3.63) is 59.7 Å². The number of hydrogen-bond donors (Lipinski definition) is 0. The average molecular weight is 519 g/mol. The van der Waals surface area contributed by atoms with E-state index in [2.05, 4.69) is 17.9 Å². The van der Waals surface area contributed by atoms with E-state index >= 15 is 0 Å². The van der Waals surface area contributed by atoms with E-state index in [1.165, 1.54) is 7.11 Å². The Balaban J connectivity index is 1.50. The number of likely N-dealkylation sites (N-methyl/N-ethyl adjacent to an activating group) is 1. The molecule has 4 fully saturated rings. The van der Waals surface area contributed by atoms with Crippen molar-refractivity contribution in [2.24, 2.45) is 5.41 Å². The van der Waals surface area contributed by atoms with Crippen LogP contribution in [0.1, 0.15) is 43.7 Å². The number of carbonyl (C=O) groups excluding carboxylic acids is 2. The summed E-state index contributed by atoms with van der Waals surface area (Å²) in [5.74, 6) is 0.391. The van der Waals surface area contributed by atoms with Crippen LogP contribution in [-0.4, -0.2) is 68.1 Å². The van der Waals surface area contributed by atoms with Crippen LogP contribution in [0.15, 0.2) is 48.5 Å². The Morgan fingerprint density at radius 1 is 1.13 bits per heavy atom. The molecule has 38 heavy (non-hydrogen) atoms. The van der Waals surface area contributed by atoms with Crippen LogP contribution in [0.2, 0.25) is 0 Å². The standard InChI is InChI=1S/C30H34N2O6/c1-5-27-15-16-32-23(33)13-14-28-21-12-11-20(35-3)17-22(21)31(2)24(28)29(26(34)36-4,38-30(27,28)32)25(27)37-18-19-9-7-6-8-10-19/h6-12,17,24-25H,5,13-16,18H2,1-4H3/t24-,25+,27+,28+,29+,30+/m1/s1. The van der Waals surface area contributed by atoms with Gasteiger partial charge in [-0.05, 0) is 36.5 Å². The van der Waals surface area contributed by atoms with Crippen molar-refractivity contribution in [1.29, 1.82) is 0 Å². The van der Waals surface area contributed by atoms with Gasteiger partial charge in [0.2, 0.25) is 11.5 Å². The molecule has 0 radical (unpaired) electrons. The summed E-state index contributed by atoms with van der Waals surface area (Å²) in [6.07, 6.45) is 1.83. The lowest BCUT2D eigenvalue weighted by Crippen LogP contribution is -2.77. The third-order valence-corrected chi connectivity index (χ3v) is 10.4. The maximum atomic E-state index is 14.1. The minimum absolute atomic E-state index is 0.0821. The van der Waals surface area contributed by atoms with Crippen LogP contribution in [-0.2, 0) is 35.8 Å². The zero-order valence-corrected chi connectivity index (χ0v) is 22.4. The highest BCUT2D eigenvalue weighted by Crippen LogP contribution is 2.80. The molecule has 2 aromatic carbocycles. The number of carbonyl (C=O) groups is 2. The molecule has 8 nitrogen and oxygen atoms in total. The van der Waals surface area contributed by atoms with Crippen LogP contribution < -0.4 is 9.64 Å². The molecule has 2 spiro atoms. The second kappa shape index (κ2) is 7.73. The molecule has 1 amide bonds. The molecule has 4 saturated heterocycles. The first-order chi connectivity index (χ1) is 18.4. The van der Waals surface area contributed by atoms with Crippen molar-refractivity contribution in [3.63, 3.8) is 0 Å². The molecule has 0 aliphatic carbocycles. The van der Waals surface area contributed by atoms with Gasteiger partial charge in [0, 0.05) is 31.8 Å². The summed E-state index contributed by atoms with van der Waals surface area (Å²) in [5.41, 5.74) is -0.485. The molecule has 0 saturated carbocycles. The van der Waals surface area contributed by atoms with Crippen LogP contribution in [0.5, 0.6) is 5.75 Å². The van der Waals surface area contributed by atoms with Crippen molar-refractivity contribution >= 4 is 17.6 Å². The number of ether oxygens (including phenoxy) is 4. The molecular weight excluding hydrogens is 484 g/mol. The first kappa shape index (κ1) is 24.0. The number of esters is 1. The Kier molecular flexibility index (Phi) is 4.88. The minimum Gasteiger partial charge on any atom is -0.497 e. The van der Waals surface area contributed by atoms with Crippen LogP contribution in [0, 0.1) is 5.41 Å². The fraction of sp³-hybridized carbons (Fsp3) is 0.533. The van der Waals surface area contributed by atoms with Crippen molar-refractivity contribution in [1.82, 2.24) is 4.90 Å². The smallest absolute Gasteiger partial charge is 0.343 e. The lowest BCUT2D eigenvalue weighted by Gasteiger charge is -2.59. The van der Waals surface area contributed by atoms with Gasteiger partial charge in [-0.3, -0.25) is 4.79 Å². The van der Waals surface area contributed by atoms with E-state index in [0.29, 0.717) is 38.8 Å². The first-order valence-corrected chi connectivity index (χ1v) is 13.5. The van der Waals surface area contributed by atoms with Crippen molar-refractivity contribution < 1.29 is 28.5 Å². The van der Waals surface area contributed by atoms with Gasteiger partial charge in [0.05, 0.1) is 37.7 Å². The van der Waals surface area contributed by atoms with E-state index in [-0.39, 0.29) is 5.91 Å². The highest BCUT2D eigenvalue weighted by molar-refractivity contribution is 5.91. The maximum Gasteiger partial charge on any atom is 0.343 e. The lowest BCUT2D eigenvalue weighted by molar-refractivity contribution is -0.206. The zero-order valence-electron chi connectivity index (χ0n) is 22.4. The van der Waals surface area contributed by atoms with E-state index in [9.17, 15) is 9.59 Å². The summed E-state index contributed by atoms with van der Waals surface area (Å²) in [6, 6.07) is 15.7. The summed E-state index contributed by atoms with van der Waals surface area (Å²) in [5, 5.41) is 0. The van der Waals surface area contributed by atoms with Crippen LogP contribution >= 0.6 is 0 Å². The Labute approximate surface area is 222 Å². The van der Waals surface area contributed by atoms with Gasteiger partial charge in [-0.15, -0.1) is 0 Å². The molecular formula is C30H34N2O6. The molecule has 8 heteroatoms. The summed E-state index contributed by atoms with van der Waals surface area (Å²) in [6.45, 7) is 3.06. The number of benzene rings is 2. The van der Waals surface area contributed by atoms with E-state index in [1.807, 2.05) is 54.4 Å². The molecule has 200 valence electrons. The normalized spacial score (nSPS) is 37.7. The summed E-state index contributed by atoms with van der Waals surface area (Å²) in [4.78, 5) is 31.9. The number of nitrogens with zero attached hydrogens (tertiary/aromatic N) is 2. The van der Waals surface area contributed by atoms with E-state index in [4.69, 9.17) is 18.9 Å². The molecule has 7 rings (SSSR count). The first-order valence-electron chi connectivity index (χ1n) is 13.5. The molecule has 0 aromatic heterocycles. The third kappa shape index (κ3) is 2.33. The molecule has 6 atom stereocenters. The SMILES string of the molecule is CC[C@@]12CCN3C(=O)CC[C@]45c6ccc(OC)cc6N(C)[C@H]4[C@](C(=O)OC)(O[C@@]315)[C@H]2OCc1ccccc1. The number of piperidine rings is 1. The van der Waals surface area contributed by atoms with Crippen LogP contribution in [0.3, 0.4) is 0 Å². The predicted molar refractivity (Wildman–Crippen MR) is 139 cm³/mol. The molecule has 0 N–H and O–H groups in total. The van der Waals surface area contributed by atoms with Gasteiger partial charge in [0.15, 0.2) is 5.72 Å². The van der Waals surface area contributed by atoms with Gasteiger partial charge < -0.3 is 28.7 Å².